The molecule has 1 saturated carbocycles. The molecule has 1 aliphatic carbocycles. The smallest absolute Gasteiger partial charge is 0.318 e. The lowest BCUT2D eigenvalue weighted by molar-refractivity contribution is 0.542. The van der Waals surface area contributed by atoms with E-state index in [0.717, 1.165) is 30.2 Å². The van der Waals surface area contributed by atoms with Gasteiger partial charge >= 0.3 is 6.01 Å². The second-order valence-corrected chi connectivity index (χ2v) is 8.55. The van der Waals surface area contributed by atoms with E-state index in [1.165, 1.54) is 5.56 Å². The first kappa shape index (κ1) is 19.2. The number of rotatable bonds is 7. The molecular weight excluding hydrogens is 430 g/mol. The van der Waals surface area contributed by atoms with E-state index in [4.69, 9.17) is 16.0 Å². The molecule has 2 fully saturated rings. The Morgan fingerprint density at radius 3 is 2.75 bits per heavy atom. The van der Waals surface area contributed by atoms with Crippen LogP contribution in [0, 0.1) is 11.8 Å². The molecule has 2 aliphatic rings. The minimum absolute atomic E-state index is 0.386. The fourth-order valence-electron chi connectivity index (χ4n) is 4.47. The summed E-state index contributed by atoms with van der Waals surface area (Å²) < 4.78 is 5.93. The number of fused-ring (bicyclic) bond motifs is 1. The third-order valence-electron chi connectivity index (χ3n) is 6.14. The van der Waals surface area contributed by atoms with Gasteiger partial charge in [0.2, 0.25) is 5.95 Å². The molecule has 2 N–H and O–H groups in total. The van der Waals surface area contributed by atoms with Crippen molar-refractivity contribution in [2.75, 3.05) is 29.9 Å². The molecule has 162 valence electrons. The Hall–Kier alpha value is -3.53. The van der Waals surface area contributed by atoms with Crippen LogP contribution in [0.15, 0.2) is 47.1 Å². The van der Waals surface area contributed by atoms with Gasteiger partial charge in [0.05, 0.1) is 11.9 Å². The molecule has 4 aromatic rings. The maximum absolute atomic E-state index is 5.93. The Morgan fingerprint density at radius 2 is 1.97 bits per heavy atom. The standard InChI is InChI=1S/C21H20ClN9O/c22-13-3-1-12(2-4-13)5-7-23-20-24-8-6-16(26-20)19-28-29-21(32-19)31-10-14-15(11-31)18(14)17-9-25-30-27-17/h1-4,6,8-9,14-15,18H,5,7,10-11H2,(H,23,24,26)(H,25,27,30). The third kappa shape index (κ3) is 3.66. The lowest BCUT2D eigenvalue weighted by atomic mass is 10.1. The van der Waals surface area contributed by atoms with Gasteiger partial charge in [0.25, 0.3) is 5.89 Å². The molecule has 1 aliphatic heterocycles. The maximum Gasteiger partial charge on any atom is 0.318 e. The van der Waals surface area contributed by atoms with Crippen LogP contribution < -0.4 is 10.2 Å². The molecule has 0 bridgehead atoms. The van der Waals surface area contributed by atoms with Crippen LogP contribution in [0.3, 0.4) is 0 Å². The quantitative estimate of drug-likeness (QED) is 0.438. The SMILES string of the molecule is Clc1ccc(CCNc2nccc(-c3nnc(N4CC5C(C4)C5c4cn[nH]n4)o3)n2)cc1. The van der Waals surface area contributed by atoms with Gasteiger partial charge in [-0.15, -0.1) is 5.10 Å². The molecule has 6 rings (SSSR count). The number of hydrogen-bond donors (Lipinski definition) is 2. The predicted molar refractivity (Wildman–Crippen MR) is 117 cm³/mol. The van der Waals surface area contributed by atoms with E-state index in [0.29, 0.717) is 47.8 Å². The zero-order valence-electron chi connectivity index (χ0n) is 17.0. The van der Waals surface area contributed by atoms with Crippen LogP contribution in [-0.4, -0.2) is 55.2 Å². The molecular formula is C21H20ClN9O. The first-order chi connectivity index (χ1) is 15.7. The average molecular weight is 450 g/mol. The van der Waals surface area contributed by atoms with Crippen LogP contribution in [0.4, 0.5) is 12.0 Å². The largest absolute Gasteiger partial charge is 0.402 e. The number of piperidine rings is 1. The van der Waals surface area contributed by atoms with E-state index < -0.39 is 0 Å². The lowest BCUT2D eigenvalue weighted by Gasteiger charge is -2.15. The van der Waals surface area contributed by atoms with Crippen LogP contribution in [0.1, 0.15) is 17.2 Å². The first-order valence-electron chi connectivity index (χ1n) is 10.5. The Kier molecular flexibility index (Phi) is 4.71. The summed E-state index contributed by atoms with van der Waals surface area (Å²) in [5.74, 6) is 2.51. The van der Waals surface area contributed by atoms with E-state index in [-0.39, 0.29) is 0 Å². The molecule has 1 saturated heterocycles. The van der Waals surface area contributed by atoms with Gasteiger partial charge in [-0.1, -0.05) is 28.8 Å². The van der Waals surface area contributed by atoms with Gasteiger partial charge in [0.15, 0.2) is 0 Å². The van der Waals surface area contributed by atoms with Gasteiger partial charge < -0.3 is 14.6 Å². The fraction of sp³-hybridized carbons (Fsp3) is 0.333. The summed E-state index contributed by atoms with van der Waals surface area (Å²) in [6.45, 7) is 2.46. The fourth-order valence-corrected chi connectivity index (χ4v) is 4.60. The number of aromatic nitrogens is 7. The van der Waals surface area contributed by atoms with Crippen LogP contribution in [0.25, 0.3) is 11.6 Å². The van der Waals surface area contributed by atoms with Gasteiger partial charge in [-0.05, 0) is 42.0 Å². The van der Waals surface area contributed by atoms with Crippen LogP contribution in [0.2, 0.25) is 5.02 Å². The highest BCUT2D eigenvalue weighted by Crippen LogP contribution is 2.58. The van der Waals surface area contributed by atoms with Crippen molar-refractivity contribution in [3.63, 3.8) is 0 Å². The molecule has 11 heteroatoms. The molecule has 32 heavy (non-hydrogen) atoms. The highest BCUT2D eigenvalue weighted by Gasteiger charge is 2.58. The van der Waals surface area contributed by atoms with Crippen molar-refractivity contribution in [2.24, 2.45) is 11.8 Å². The van der Waals surface area contributed by atoms with E-state index >= 15 is 0 Å². The second kappa shape index (κ2) is 7.86. The number of benzene rings is 1. The van der Waals surface area contributed by atoms with E-state index in [1.807, 2.05) is 30.5 Å². The summed E-state index contributed by atoms with van der Waals surface area (Å²) in [7, 11) is 0. The average Bonchev–Trinajstić information content (AvgIpc) is 3.35. The Labute approximate surface area is 188 Å². The predicted octanol–water partition coefficient (Wildman–Crippen LogP) is 2.80. The summed E-state index contributed by atoms with van der Waals surface area (Å²) in [5, 5.41) is 23.2. The zero-order chi connectivity index (χ0) is 21.5. The van der Waals surface area contributed by atoms with Gasteiger partial charge in [0.1, 0.15) is 5.69 Å². The first-order valence-corrected chi connectivity index (χ1v) is 10.9. The van der Waals surface area contributed by atoms with Gasteiger partial charge in [-0.25, -0.2) is 9.97 Å². The lowest BCUT2D eigenvalue weighted by Crippen LogP contribution is -2.23. The Balaban J connectivity index is 1.07. The Bertz CT molecular complexity index is 1200. The van der Waals surface area contributed by atoms with Crippen molar-refractivity contribution in [1.82, 2.24) is 35.6 Å². The molecule has 4 heterocycles. The third-order valence-corrected chi connectivity index (χ3v) is 6.39. The number of aromatic amines is 1. The molecule has 2 atom stereocenters. The summed E-state index contributed by atoms with van der Waals surface area (Å²) in [6.07, 6.45) is 4.33. The minimum Gasteiger partial charge on any atom is -0.402 e. The van der Waals surface area contributed by atoms with Gasteiger partial charge in [0, 0.05) is 36.8 Å². The minimum atomic E-state index is 0.386. The topological polar surface area (TPSA) is 122 Å². The molecule has 0 spiro atoms. The molecule has 0 amide bonds. The molecule has 2 unspecified atom stereocenters. The van der Waals surface area contributed by atoms with Crippen molar-refractivity contribution in [1.29, 1.82) is 0 Å². The number of H-pyrrole nitrogens is 1. The summed E-state index contributed by atoms with van der Waals surface area (Å²) in [5.41, 5.74) is 2.83. The number of halogens is 1. The normalized spacial score (nSPS) is 21.5. The molecule has 10 nitrogen and oxygen atoms in total. The number of anilines is 2. The highest BCUT2D eigenvalue weighted by molar-refractivity contribution is 6.30. The molecule has 1 aromatic carbocycles. The van der Waals surface area contributed by atoms with Crippen LogP contribution in [-0.2, 0) is 6.42 Å². The summed E-state index contributed by atoms with van der Waals surface area (Å²) in [4.78, 5) is 10.9. The second-order valence-electron chi connectivity index (χ2n) is 8.11. The monoisotopic (exact) mass is 449 g/mol. The maximum atomic E-state index is 5.93. The van der Waals surface area contributed by atoms with E-state index in [1.54, 1.807) is 12.3 Å². The highest BCUT2D eigenvalue weighted by atomic mass is 35.5. The van der Waals surface area contributed by atoms with Crippen LogP contribution in [0.5, 0.6) is 0 Å². The number of hydrogen-bond acceptors (Lipinski definition) is 9. The summed E-state index contributed by atoms with van der Waals surface area (Å²) >= 11 is 5.93. The van der Waals surface area contributed by atoms with Gasteiger partial charge in [-0.2, -0.15) is 15.4 Å². The van der Waals surface area contributed by atoms with Crippen molar-refractivity contribution in [3.8, 4) is 11.6 Å². The van der Waals surface area contributed by atoms with Crippen molar-refractivity contribution in [2.45, 2.75) is 12.3 Å². The van der Waals surface area contributed by atoms with E-state index in [9.17, 15) is 0 Å². The van der Waals surface area contributed by atoms with Crippen molar-refractivity contribution in [3.05, 3.63) is 59.0 Å². The summed E-state index contributed by atoms with van der Waals surface area (Å²) in [6, 6.07) is 10.1. The van der Waals surface area contributed by atoms with Gasteiger partial charge in [-0.3, -0.25) is 0 Å². The van der Waals surface area contributed by atoms with Crippen LogP contribution >= 0.6 is 11.6 Å². The molecule has 0 radical (unpaired) electrons. The Morgan fingerprint density at radius 1 is 1.12 bits per heavy atom. The number of nitrogens with one attached hydrogen (secondary N) is 2. The number of nitrogens with zero attached hydrogens (tertiary/aromatic N) is 7. The van der Waals surface area contributed by atoms with E-state index in [2.05, 4.69) is 45.8 Å². The zero-order valence-corrected chi connectivity index (χ0v) is 17.8. The van der Waals surface area contributed by atoms with Crippen molar-refractivity contribution >= 4 is 23.6 Å². The molecule has 3 aromatic heterocycles. The van der Waals surface area contributed by atoms with Crippen molar-refractivity contribution < 1.29 is 4.42 Å².